The third-order valence-corrected chi connectivity index (χ3v) is 3.77. The molecule has 24 heavy (non-hydrogen) atoms. The first kappa shape index (κ1) is 20.7. The molecule has 0 amide bonds. The van der Waals surface area contributed by atoms with Crippen molar-refractivity contribution in [3.05, 3.63) is 22.8 Å². The molecule has 1 aromatic rings. The minimum absolute atomic E-state index is 0.0484. The van der Waals surface area contributed by atoms with Gasteiger partial charge in [0, 0.05) is 24.1 Å². The van der Waals surface area contributed by atoms with Gasteiger partial charge in [-0.1, -0.05) is 6.92 Å². The molecule has 0 saturated heterocycles. The number of amidine groups is 1. The summed E-state index contributed by atoms with van der Waals surface area (Å²) in [5.41, 5.74) is 6.11. The second kappa shape index (κ2) is 9.22. The molecule has 0 bridgehead atoms. The highest BCUT2D eigenvalue weighted by atomic mass is 35.5. The number of aryl methyl sites for hydroxylation is 2. The highest BCUT2D eigenvalue weighted by Gasteiger charge is 2.29. The summed E-state index contributed by atoms with van der Waals surface area (Å²) < 4.78 is 42.3. The lowest BCUT2D eigenvalue weighted by Crippen LogP contribution is -2.21. The van der Waals surface area contributed by atoms with Crippen molar-refractivity contribution < 1.29 is 13.2 Å². The minimum atomic E-state index is -2.84. The molecular formula is C16H24ClF3N4. The van der Waals surface area contributed by atoms with Crippen molar-refractivity contribution in [2.75, 3.05) is 13.1 Å². The summed E-state index contributed by atoms with van der Waals surface area (Å²) in [5, 5.41) is 2.66. The van der Waals surface area contributed by atoms with E-state index in [0.717, 1.165) is 6.54 Å². The maximum Gasteiger partial charge on any atom is 0.248 e. The lowest BCUT2D eigenvalue weighted by Gasteiger charge is -2.18. The van der Waals surface area contributed by atoms with Crippen LogP contribution >= 0.6 is 11.6 Å². The second-order valence-corrected chi connectivity index (χ2v) is 6.06. The van der Waals surface area contributed by atoms with Crippen molar-refractivity contribution >= 4 is 22.6 Å². The predicted octanol–water partition coefficient (Wildman–Crippen LogP) is 3.98. The van der Waals surface area contributed by atoms with Gasteiger partial charge in [-0.25, -0.2) is 18.2 Å². The molecule has 0 aliphatic heterocycles. The van der Waals surface area contributed by atoms with Crippen molar-refractivity contribution in [1.29, 1.82) is 0 Å². The van der Waals surface area contributed by atoms with Crippen LogP contribution in [0.2, 0.25) is 0 Å². The van der Waals surface area contributed by atoms with Gasteiger partial charge in [0.05, 0.1) is 5.69 Å². The first-order valence-corrected chi connectivity index (χ1v) is 8.29. The first-order chi connectivity index (χ1) is 11.2. The standard InChI is InChI=1S/C16H24ClF3N4/c1-4-22-9-5-7-16(19,20)8-6-12-10(2)23-11(3)13(18)14(12)24-15(17)21/h22H,4-9H2,1-3H3,(H2,21,23,24). The highest BCUT2D eigenvalue weighted by molar-refractivity contribution is 6.64. The van der Waals surface area contributed by atoms with E-state index >= 15 is 0 Å². The Hall–Kier alpha value is -1.34. The van der Waals surface area contributed by atoms with Crippen LogP contribution in [0.1, 0.15) is 43.1 Å². The summed E-state index contributed by atoms with van der Waals surface area (Å²) in [5.74, 6) is -3.52. The lowest BCUT2D eigenvalue weighted by molar-refractivity contribution is -0.0174. The van der Waals surface area contributed by atoms with Crippen LogP contribution in [0.15, 0.2) is 4.99 Å². The first-order valence-electron chi connectivity index (χ1n) is 7.91. The Kier molecular flexibility index (Phi) is 7.96. The van der Waals surface area contributed by atoms with Crippen molar-refractivity contribution in [1.82, 2.24) is 10.3 Å². The van der Waals surface area contributed by atoms with Gasteiger partial charge in [-0.05, 0) is 51.4 Å². The number of nitrogens with two attached hydrogens (primary N) is 1. The van der Waals surface area contributed by atoms with Gasteiger partial charge in [-0.2, -0.15) is 0 Å². The molecular weight excluding hydrogens is 341 g/mol. The summed E-state index contributed by atoms with van der Waals surface area (Å²) in [6, 6.07) is 0. The van der Waals surface area contributed by atoms with Crippen molar-refractivity contribution in [2.24, 2.45) is 10.7 Å². The van der Waals surface area contributed by atoms with Crippen LogP contribution in [0.5, 0.6) is 0 Å². The zero-order valence-electron chi connectivity index (χ0n) is 14.2. The molecule has 0 saturated carbocycles. The van der Waals surface area contributed by atoms with Crippen LogP contribution in [-0.2, 0) is 6.42 Å². The molecule has 1 heterocycles. The molecule has 1 rings (SSSR count). The number of halogens is 4. The minimum Gasteiger partial charge on any atom is -0.374 e. The van der Waals surface area contributed by atoms with Gasteiger partial charge in [0.25, 0.3) is 0 Å². The fourth-order valence-electron chi connectivity index (χ4n) is 2.45. The fourth-order valence-corrected chi connectivity index (χ4v) is 2.53. The SMILES string of the molecule is CCNCCCC(F)(F)CCc1c(C)nc(C)c(F)c1N=C(N)Cl. The van der Waals surface area contributed by atoms with E-state index in [1.54, 1.807) is 6.92 Å². The predicted molar refractivity (Wildman–Crippen MR) is 91.9 cm³/mol. The van der Waals surface area contributed by atoms with E-state index < -0.39 is 18.2 Å². The van der Waals surface area contributed by atoms with Crippen LogP contribution < -0.4 is 11.1 Å². The topological polar surface area (TPSA) is 63.3 Å². The average molecular weight is 365 g/mol. The number of aliphatic imine (C=N–C) groups is 1. The Bertz CT molecular complexity index is 587. The van der Waals surface area contributed by atoms with E-state index in [0.29, 0.717) is 24.2 Å². The van der Waals surface area contributed by atoms with Crippen LogP contribution in [0, 0.1) is 19.7 Å². The van der Waals surface area contributed by atoms with Gasteiger partial charge < -0.3 is 11.1 Å². The molecule has 0 atom stereocenters. The third kappa shape index (κ3) is 6.28. The van der Waals surface area contributed by atoms with E-state index in [-0.39, 0.29) is 29.5 Å². The molecule has 0 aliphatic carbocycles. The Morgan fingerprint density at radius 3 is 2.54 bits per heavy atom. The zero-order valence-corrected chi connectivity index (χ0v) is 15.0. The maximum atomic E-state index is 14.2. The van der Waals surface area contributed by atoms with Gasteiger partial charge >= 0.3 is 0 Å². The number of hydrogen-bond donors (Lipinski definition) is 2. The number of nitrogens with one attached hydrogen (secondary N) is 1. The molecule has 136 valence electrons. The van der Waals surface area contributed by atoms with Gasteiger partial charge in [-0.15, -0.1) is 0 Å². The maximum absolute atomic E-state index is 14.2. The third-order valence-electron chi connectivity index (χ3n) is 3.69. The van der Waals surface area contributed by atoms with Gasteiger partial charge in [0.15, 0.2) is 11.1 Å². The molecule has 0 aliphatic rings. The Morgan fingerprint density at radius 2 is 1.96 bits per heavy atom. The number of pyridine rings is 1. The molecule has 0 aromatic carbocycles. The summed E-state index contributed by atoms with van der Waals surface area (Å²) in [6.07, 6.45) is -0.306. The van der Waals surface area contributed by atoms with Crippen LogP contribution in [-0.4, -0.2) is 29.3 Å². The molecule has 1 aromatic heterocycles. The molecule has 3 N–H and O–H groups in total. The van der Waals surface area contributed by atoms with E-state index in [4.69, 9.17) is 17.3 Å². The number of hydrogen-bond acceptors (Lipinski definition) is 3. The van der Waals surface area contributed by atoms with Gasteiger partial charge in [0.1, 0.15) is 5.69 Å². The summed E-state index contributed by atoms with van der Waals surface area (Å²) in [4.78, 5) is 7.80. The molecule has 8 heteroatoms. The van der Waals surface area contributed by atoms with Crippen molar-refractivity contribution in [3.63, 3.8) is 0 Å². The number of nitrogens with zero attached hydrogens (tertiary/aromatic N) is 2. The fraction of sp³-hybridized carbons (Fsp3) is 0.625. The largest absolute Gasteiger partial charge is 0.374 e. The molecule has 4 nitrogen and oxygen atoms in total. The monoisotopic (exact) mass is 364 g/mol. The zero-order chi connectivity index (χ0) is 18.3. The summed E-state index contributed by atoms with van der Waals surface area (Å²) >= 11 is 5.53. The number of aromatic nitrogens is 1. The number of rotatable bonds is 9. The summed E-state index contributed by atoms with van der Waals surface area (Å²) in [7, 11) is 0. The van der Waals surface area contributed by atoms with Gasteiger partial charge in [0.2, 0.25) is 5.92 Å². The smallest absolute Gasteiger partial charge is 0.248 e. The Balaban J connectivity index is 2.91. The van der Waals surface area contributed by atoms with Crippen LogP contribution in [0.3, 0.4) is 0 Å². The Morgan fingerprint density at radius 1 is 1.29 bits per heavy atom. The normalized spacial score (nSPS) is 12.7. The van der Waals surface area contributed by atoms with Crippen LogP contribution in [0.4, 0.5) is 18.9 Å². The van der Waals surface area contributed by atoms with E-state index in [1.807, 2.05) is 6.92 Å². The lowest BCUT2D eigenvalue weighted by atomic mass is 10.00. The molecule has 0 fully saturated rings. The van der Waals surface area contributed by atoms with Crippen molar-refractivity contribution in [3.8, 4) is 0 Å². The van der Waals surface area contributed by atoms with Gasteiger partial charge in [-0.3, -0.25) is 4.98 Å². The second-order valence-electron chi connectivity index (χ2n) is 5.67. The van der Waals surface area contributed by atoms with E-state index in [2.05, 4.69) is 15.3 Å². The highest BCUT2D eigenvalue weighted by Crippen LogP contribution is 2.32. The molecule has 0 spiro atoms. The quantitative estimate of drug-likeness (QED) is 0.301. The van der Waals surface area contributed by atoms with E-state index in [1.165, 1.54) is 6.92 Å². The average Bonchev–Trinajstić information content (AvgIpc) is 2.48. The number of alkyl halides is 2. The van der Waals surface area contributed by atoms with Crippen molar-refractivity contribution in [2.45, 2.75) is 52.4 Å². The molecule has 0 radical (unpaired) electrons. The Labute approximate surface area is 145 Å². The summed E-state index contributed by atoms with van der Waals surface area (Å²) in [6.45, 7) is 6.33. The van der Waals surface area contributed by atoms with E-state index in [9.17, 15) is 13.2 Å². The molecule has 0 unspecified atom stereocenters. The van der Waals surface area contributed by atoms with Crippen LogP contribution in [0.25, 0.3) is 0 Å².